The Bertz CT molecular complexity index is 238. The average molecular weight is 165 g/mol. The zero-order valence-electron chi connectivity index (χ0n) is 7.71. The smallest absolute Gasteiger partial charge is 0.117 e. The fourth-order valence-electron chi connectivity index (χ4n) is 1.19. The summed E-state index contributed by atoms with van der Waals surface area (Å²) < 4.78 is 5.21. The predicted molar refractivity (Wildman–Crippen MR) is 49.9 cm³/mol. The highest BCUT2D eigenvalue weighted by Crippen LogP contribution is 2.04. The van der Waals surface area contributed by atoms with Crippen molar-refractivity contribution in [3.8, 4) is 0 Å². The molecule has 1 aromatic heterocycles. The van der Waals surface area contributed by atoms with Crippen LogP contribution in [-0.4, -0.2) is 18.5 Å². The highest BCUT2D eigenvalue weighted by atomic mass is 16.3. The van der Waals surface area contributed by atoms with Gasteiger partial charge in [-0.05, 0) is 26.1 Å². The Labute approximate surface area is 73.5 Å². The molecule has 0 fully saturated rings. The number of likely N-dealkylation sites (N-methyl/N-ethyl adjacent to an activating group) is 1. The van der Waals surface area contributed by atoms with Gasteiger partial charge in [0.05, 0.1) is 12.8 Å². The van der Waals surface area contributed by atoms with E-state index in [0.29, 0.717) is 0 Å². The topological polar surface area (TPSA) is 16.4 Å². The molecule has 66 valence electrons. The third-order valence-corrected chi connectivity index (χ3v) is 1.55. The van der Waals surface area contributed by atoms with Crippen LogP contribution in [0.2, 0.25) is 0 Å². The largest absolute Gasteiger partial charge is 0.468 e. The zero-order valence-corrected chi connectivity index (χ0v) is 7.71. The van der Waals surface area contributed by atoms with Gasteiger partial charge in [0.25, 0.3) is 0 Å². The van der Waals surface area contributed by atoms with Gasteiger partial charge in [0.2, 0.25) is 0 Å². The van der Waals surface area contributed by atoms with Gasteiger partial charge in [-0.2, -0.15) is 0 Å². The van der Waals surface area contributed by atoms with Crippen molar-refractivity contribution >= 4 is 0 Å². The molecule has 0 saturated heterocycles. The van der Waals surface area contributed by atoms with Gasteiger partial charge in [-0.1, -0.05) is 12.2 Å². The quantitative estimate of drug-likeness (QED) is 0.636. The van der Waals surface area contributed by atoms with Crippen LogP contribution in [0.3, 0.4) is 0 Å². The summed E-state index contributed by atoms with van der Waals surface area (Å²) >= 11 is 0. The monoisotopic (exact) mass is 165 g/mol. The van der Waals surface area contributed by atoms with Crippen molar-refractivity contribution in [1.29, 1.82) is 0 Å². The zero-order chi connectivity index (χ0) is 8.97. The molecule has 1 rings (SSSR count). The van der Waals surface area contributed by atoms with Crippen LogP contribution >= 0.6 is 0 Å². The molecule has 12 heavy (non-hydrogen) atoms. The molecular formula is C10H15NO. The maximum absolute atomic E-state index is 5.21. The third kappa shape index (κ3) is 2.93. The molecule has 0 aliphatic heterocycles. The van der Waals surface area contributed by atoms with E-state index in [1.165, 1.54) is 5.57 Å². The van der Waals surface area contributed by atoms with Crippen LogP contribution in [0.4, 0.5) is 0 Å². The summed E-state index contributed by atoms with van der Waals surface area (Å²) in [4.78, 5) is 2.17. The van der Waals surface area contributed by atoms with Gasteiger partial charge >= 0.3 is 0 Å². The van der Waals surface area contributed by atoms with Crippen LogP contribution in [0.1, 0.15) is 12.7 Å². The molecule has 0 spiro atoms. The van der Waals surface area contributed by atoms with Crippen molar-refractivity contribution < 1.29 is 4.42 Å². The highest BCUT2D eigenvalue weighted by Gasteiger charge is 2.01. The molecule has 1 aromatic rings. The average Bonchev–Trinajstić information content (AvgIpc) is 2.37. The van der Waals surface area contributed by atoms with E-state index in [1.807, 2.05) is 19.1 Å². The SMILES string of the molecule is C=C(C)CN(C)Cc1ccco1. The molecule has 0 bridgehead atoms. The van der Waals surface area contributed by atoms with Crippen LogP contribution in [0, 0.1) is 0 Å². The minimum absolute atomic E-state index is 0.847. The second-order valence-corrected chi connectivity index (χ2v) is 3.21. The summed E-state index contributed by atoms with van der Waals surface area (Å²) in [6.07, 6.45) is 1.70. The van der Waals surface area contributed by atoms with Crippen molar-refractivity contribution in [3.63, 3.8) is 0 Å². The molecule has 0 amide bonds. The Morgan fingerprint density at radius 1 is 1.67 bits per heavy atom. The van der Waals surface area contributed by atoms with E-state index in [1.54, 1.807) is 6.26 Å². The van der Waals surface area contributed by atoms with Gasteiger partial charge in [-0.3, -0.25) is 4.90 Å². The molecule has 0 atom stereocenters. The standard InChI is InChI=1S/C10H15NO/c1-9(2)7-11(3)8-10-5-4-6-12-10/h4-6H,1,7-8H2,2-3H3. The van der Waals surface area contributed by atoms with E-state index < -0.39 is 0 Å². The van der Waals surface area contributed by atoms with Gasteiger partial charge in [0, 0.05) is 6.54 Å². The van der Waals surface area contributed by atoms with Gasteiger partial charge in [-0.15, -0.1) is 0 Å². The molecule has 2 nitrogen and oxygen atoms in total. The van der Waals surface area contributed by atoms with E-state index in [0.717, 1.165) is 18.8 Å². The Balaban J connectivity index is 2.36. The fraction of sp³-hybridized carbons (Fsp3) is 0.400. The van der Waals surface area contributed by atoms with E-state index in [2.05, 4.69) is 18.5 Å². The summed E-state index contributed by atoms with van der Waals surface area (Å²) in [5.74, 6) is 0.999. The van der Waals surface area contributed by atoms with Gasteiger partial charge in [-0.25, -0.2) is 0 Å². The van der Waals surface area contributed by atoms with Crippen LogP contribution in [0.15, 0.2) is 35.0 Å². The fourth-order valence-corrected chi connectivity index (χ4v) is 1.19. The molecule has 0 aliphatic carbocycles. The second-order valence-electron chi connectivity index (χ2n) is 3.21. The number of rotatable bonds is 4. The Morgan fingerprint density at radius 2 is 2.42 bits per heavy atom. The molecular weight excluding hydrogens is 150 g/mol. The first-order chi connectivity index (χ1) is 5.68. The minimum Gasteiger partial charge on any atom is -0.468 e. The molecule has 0 radical (unpaired) electrons. The normalized spacial score (nSPS) is 10.6. The Morgan fingerprint density at radius 3 is 2.92 bits per heavy atom. The summed E-state index contributed by atoms with van der Waals surface area (Å²) in [5, 5.41) is 0. The molecule has 0 unspecified atom stereocenters. The third-order valence-electron chi connectivity index (χ3n) is 1.55. The summed E-state index contributed by atoms with van der Waals surface area (Å²) in [7, 11) is 2.05. The van der Waals surface area contributed by atoms with Crippen molar-refractivity contribution in [3.05, 3.63) is 36.3 Å². The number of nitrogens with zero attached hydrogens (tertiary/aromatic N) is 1. The van der Waals surface area contributed by atoms with Gasteiger partial charge in [0.1, 0.15) is 5.76 Å². The Hall–Kier alpha value is -1.02. The molecule has 1 heterocycles. The van der Waals surface area contributed by atoms with Crippen molar-refractivity contribution in [2.75, 3.05) is 13.6 Å². The highest BCUT2D eigenvalue weighted by molar-refractivity contribution is 4.99. The Kier molecular flexibility index (Phi) is 3.11. The lowest BCUT2D eigenvalue weighted by Gasteiger charge is -2.14. The molecule has 0 aromatic carbocycles. The first-order valence-electron chi connectivity index (χ1n) is 4.04. The van der Waals surface area contributed by atoms with Crippen LogP contribution in [0.25, 0.3) is 0 Å². The number of hydrogen-bond acceptors (Lipinski definition) is 2. The molecule has 2 heteroatoms. The maximum atomic E-state index is 5.21. The van der Waals surface area contributed by atoms with Crippen molar-refractivity contribution in [1.82, 2.24) is 4.90 Å². The summed E-state index contributed by atoms with van der Waals surface area (Å²) in [5.41, 5.74) is 1.17. The van der Waals surface area contributed by atoms with E-state index in [4.69, 9.17) is 4.42 Å². The second kappa shape index (κ2) is 4.12. The maximum Gasteiger partial charge on any atom is 0.117 e. The molecule has 0 N–H and O–H groups in total. The number of hydrogen-bond donors (Lipinski definition) is 0. The van der Waals surface area contributed by atoms with Crippen LogP contribution in [0.5, 0.6) is 0 Å². The number of furan rings is 1. The lowest BCUT2D eigenvalue weighted by atomic mass is 10.3. The van der Waals surface area contributed by atoms with Crippen molar-refractivity contribution in [2.45, 2.75) is 13.5 Å². The van der Waals surface area contributed by atoms with E-state index >= 15 is 0 Å². The predicted octanol–water partition coefficient (Wildman–Crippen LogP) is 2.29. The minimum atomic E-state index is 0.847. The first-order valence-corrected chi connectivity index (χ1v) is 4.04. The lowest BCUT2D eigenvalue weighted by molar-refractivity contribution is 0.317. The summed E-state index contributed by atoms with van der Waals surface area (Å²) in [6, 6.07) is 3.89. The van der Waals surface area contributed by atoms with Crippen LogP contribution in [-0.2, 0) is 6.54 Å². The van der Waals surface area contributed by atoms with Gasteiger partial charge in [0.15, 0.2) is 0 Å². The lowest BCUT2D eigenvalue weighted by Crippen LogP contribution is -2.19. The van der Waals surface area contributed by atoms with Gasteiger partial charge < -0.3 is 4.42 Å². The van der Waals surface area contributed by atoms with Crippen LogP contribution < -0.4 is 0 Å². The van der Waals surface area contributed by atoms with E-state index in [-0.39, 0.29) is 0 Å². The molecule has 0 saturated carbocycles. The molecule has 0 aliphatic rings. The first kappa shape index (κ1) is 9.07. The summed E-state index contributed by atoms with van der Waals surface area (Å²) in [6.45, 7) is 7.64. The van der Waals surface area contributed by atoms with Crippen molar-refractivity contribution in [2.24, 2.45) is 0 Å². The van der Waals surface area contributed by atoms with E-state index in [9.17, 15) is 0 Å².